The van der Waals surface area contributed by atoms with Crippen LogP contribution in [0.3, 0.4) is 0 Å². The second-order valence-corrected chi connectivity index (χ2v) is 5.01. The first-order valence-corrected chi connectivity index (χ1v) is 7.10. The van der Waals surface area contributed by atoms with E-state index in [1.807, 2.05) is 0 Å². The molecule has 18 heavy (non-hydrogen) atoms. The summed E-state index contributed by atoms with van der Waals surface area (Å²) in [4.78, 5) is 0. The van der Waals surface area contributed by atoms with Crippen LogP contribution in [0, 0.1) is 0 Å². The summed E-state index contributed by atoms with van der Waals surface area (Å²) in [6.07, 6.45) is 2.32. The van der Waals surface area contributed by atoms with Crippen molar-refractivity contribution in [3.05, 3.63) is 35.9 Å². The number of benzene rings is 1. The maximum absolute atomic E-state index is 5.42. The SMILES string of the molecule is CCOCCCC(CNC(C)C)c1ccccc1. The van der Waals surface area contributed by atoms with Crippen LogP contribution in [-0.2, 0) is 4.74 Å². The zero-order chi connectivity index (χ0) is 13.2. The largest absolute Gasteiger partial charge is 0.382 e. The Labute approximate surface area is 112 Å². The van der Waals surface area contributed by atoms with E-state index >= 15 is 0 Å². The van der Waals surface area contributed by atoms with E-state index in [2.05, 4.69) is 56.4 Å². The first-order valence-electron chi connectivity index (χ1n) is 7.10. The van der Waals surface area contributed by atoms with Crippen molar-refractivity contribution >= 4 is 0 Å². The lowest BCUT2D eigenvalue weighted by Gasteiger charge is -2.19. The van der Waals surface area contributed by atoms with Crippen LogP contribution in [0.15, 0.2) is 30.3 Å². The van der Waals surface area contributed by atoms with Crippen LogP contribution >= 0.6 is 0 Å². The van der Waals surface area contributed by atoms with E-state index in [1.165, 1.54) is 12.0 Å². The van der Waals surface area contributed by atoms with Gasteiger partial charge >= 0.3 is 0 Å². The van der Waals surface area contributed by atoms with E-state index in [0.29, 0.717) is 12.0 Å². The highest BCUT2D eigenvalue weighted by molar-refractivity contribution is 5.19. The summed E-state index contributed by atoms with van der Waals surface area (Å²) < 4.78 is 5.42. The minimum atomic E-state index is 0.545. The third-order valence-corrected chi connectivity index (χ3v) is 3.09. The molecule has 102 valence electrons. The molecule has 0 heterocycles. The van der Waals surface area contributed by atoms with Gasteiger partial charge in [-0.2, -0.15) is 0 Å². The Balaban J connectivity index is 2.47. The van der Waals surface area contributed by atoms with Crippen LogP contribution in [-0.4, -0.2) is 25.8 Å². The van der Waals surface area contributed by atoms with Crippen LogP contribution in [0.1, 0.15) is 45.1 Å². The maximum Gasteiger partial charge on any atom is 0.0466 e. The normalized spacial score (nSPS) is 12.9. The van der Waals surface area contributed by atoms with Crippen molar-refractivity contribution in [3.8, 4) is 0 Å². The van der Waals surface area contributed by atoms with Crippen molar-refractivity contribution in [2.75, 3.05) is 19.8 Å². The molecule has 1 atom stereocenters. The standard InChI is InChI=1S/C16H27NO/c1-4-18-12-8-11-16(13-17-14(2)3)15-9-6-5-7-10-15/h5-7,9-10,14,16-17H,4,8,11-13H2,1-3H3. The minimum absolute atomic E-state index is 0.545. The van der Waals surface area contributed by atoms with Crippen LogP contribution in [0.2, 0.25) is 0 Å². The van der Waals surface area contributed by atoms with Crippen molar-refractivity contribution in [2.24, 2.45) is 0 Å². The van der Waals surface area contributed by atoms with Gasteiger partial charge in [0.25, 0.3) is 0 Å². The summed E-state index contributed by atoms with van der Waals surface area (Å²) >= 11 is 0. The van der Waals surface area contributed by atoms with Crippen LogP contribution < -0.4 is 5.32 Å². The fourth-order valence-corrected chi connectivity index (χ4v) is 2.07. The lowest BCUT2D eigenvalue weighted by Crippen LogP contribution is -2.28. The van der Waals surface area contributed by atoms with Gasteiger partial charge in [0.1, 0.15) is 0 Å². The predicted octanol–water partition coefficient (Wildman–Crippen LogP) is 3.58. The zero-order valence-corrected chi connectivity index (χ0v) is 12.0. The molecule has 1 N–H and O–H groups in total. The predicted molar refractivity (Wildman–Crippen MR) is 78.0 cm³/mol. The summed E-state index contributed by atoms with van der Waals surface area (Å²) in [5.74, 6) is 0.592. The van der Waals surface area contributed by atoms with Gasteiger partial charge < -0.3 is 10.1 Å². The Bertz CT molecular complexity index is 297. The van der Waals surface area contributed by atoms with E-state index in [0.717, 1.165) is 26.2 Å². The van der Waals surface area contributed by atoms with Gasteiger partial charge in [0, 0.05) is 25.8 Å². The first kappa shape index (κ1) is 15.2. The van der Waals surface area contributed by atoms with Gasteiger partial charge in [-0.3, -0.25) is 0 Å². The van der Waals surface area contributed by atoms with Crippen LogP contribution in [0.5, 0.6) is 0 Å². The molecule has 0 aliphatic heterocycles. The number of hydrogen-bond acceptors (Lipinski definition) is 2. The van der Waals surface area contributed by atoms with E-state index in [-0.39, 0.29) is 0 Å². The molecule has 0 saturated heterocycles. The molecule has 0 amide bonds. The Morgan fingerprint density at radius 3 is 2.50 bits per heavy atom. The van der Waals surface area contributed by atoms with Gasteiger partial charge in [0.2, 0.25) is 0 Å². The molecule has 2 heteroatoms. The third kappa shape index (κ3) is 6.18. The van der Waals surface area contributed by atoms with E-state index in [9.17, 15) is 0 Å². The quantitative estimate of drug-likeness (QED) is 0.675. The van der Waals surface area contributed by atoms with Gasteiger partial charge in [-0.15, -0.1) is 0 Å². The molecule has 1 rings (SSSR count). The van der Waals surface area contributed by atoms with Gasteiger partial charge in [0.05, 0.1) is 0 Å². The van der Waals surface area contributed by atoms with Crippen molar-refractivity contribution in [1.82, 2.24) is 5.32 Å². The molecule has 0 saturated carbocycles. The first-order chi connectivity index (χ1) is 8.74. The van der Waals surface area contributed by atoms with Crippen molar-refractivity contribution in [2.45, 2.75) is 45.6 Å². The van der Waals surface area contributed by atoms with Crippen molar-refractivity contribution < 1.29 is 4.74 Å². The van der Waals surface area contributed by atoms with Crippen LogP contribution in [0.25, 0.3) is 0 Å². The molecule has 0 aliphatic rings. The van der Waals surface area contributed by atoms with E-state index < -0.39 is 0 Å². The minimum Gasteiger partial charge on any atom is -0.382 e. The highest BCUT2D eigenvalue weighted by atomic mass is 16.5. The van der Waals surface area contributed by atoms with Gasteiger partial charge in [-0.25, -0.2) is 0 Å². The Kier molecular flexibility index (Phi) is 7.70. The van der Waals surface area contributed by atoms with Crippen molar-refractivity contribution in [1.29, 1.82) is 0 Å². The zero-order valence-electron chi connectivity index (χ0n) is 12.0. The summed E-state index contributed by atoms with van der Waals surface area (Å²) in [5, 5.41) is 3.54. The van der Waals surface area contributed by atoms with Gasteiger partial charge in [-0.05, 0) is 31.2 Å². The second-order valence-electron chi connectivity index (χ2n) is 5.01. The Morgan fingerprint density at radius 1 is 1.17 bits per heavy atom. The molecule has 0 fully saturated rings. The number of rotatable bonds is 9. The Hall–Kier alpha value is -0.860. The molecule has 0 aliphatic carbocycles. The number of ether oxygens (including phenoxy) is 1. The average molecular weight is 249 g/mol. The molecular formula is C16H27NO. The molecule has 2 nitrogen and oxygen atoms in total. The van der Waals surface area contributed by atoms with Crippen LogP contribution in [0.4, 0.5) is 0 Å². The fourth-order valence-electron chi connectivity index (χ4n) is 2.07. The maximum atomic E-state index is 5.42. The smallest absolute Gasteiger partial charge is 0.0466 e. The lowest BCUT2D eigenvalue weighted by atomic mass is 9.94. The monoisotopic (exact) mass is 249 g/mol. The second kappa shape index (κ2) is 9.12. The fraction of sp³-hybridized carbons (Fsp3) is 0.625. The molecule has 0 bridgehead atoms. The average Bonchev–Trinajstić information content (AvgIpc) is 2.38. The summed E-state index contributed by atoms with van der Waals surface area (Å²) in [7, 11) is 0. The highest BCUT2D eigenvalue weighted by Gasteiger charge is 2.11. The van der Waals surface area contributed by atoms with Gasteiger partial charge in [0.15, 0.2) is 0 Å². The molecular weight excluding hydrogens is 222 g/mol. The highest BCUT2D eigenvalue weighted by Crippen LogP contribution is 2.20. The summed E-state index contributed by atoms with van der Waals surface area (Å²) in [6.45, 7) is 9.19. The molecule has 0 aromatic heterocycles. The third-order valence-electron chi connectivity index (χ3n) is 3.09. The van der Waals surface area contributed by atoms with Gasteiger partial charge in [-0.1, -0.05) is 44.2 Å². The number of hydrogen-bond donors (Lipinski definition) is 1. The topological polar surface area (TPSA) is 21.3 Å². The summed E-state index contributed by atoms with van der Waals surface area (Å²) in [6, 6.07) is 11.3. The number of nitrogens with one attached hydrogen (secondary N) is 1. The molecule has 1 aromatic rings. The lowest BCUT2D eigenvalue weighted by molar-refractivity contribution is 0.141. The molecule has 1 unspecified atom stereocenters. The Morgan fingerprint density at radius 2 is 1.89 bits per heavy atom. The summed E-state index contributed by atoms with van der Waals surface area (Å²) in [5.41, 5.74) is 1.43. The van der Waals surface area contributed by atoms with Crippen molar-refractivity contribution in [3.63, 3.8) is 0 Å². The molecule has 0 spiro atoms. The van der Waals surface area contributed by atoms with E-state index in [1.54, 1.807) is 0 Å². The van der Waals surface area contributed by atoms with E-state index in [4.69, 9.17) is 4.74 Å². The molecule has 0 radical (unpaired) electrons. The molecule has 1 aromatic carbocycles.